The lowest BCUT2D eigenvalue weighted by Gasteiger charge is -2.13. The zero-order chi connectivity index (χ0) is 22.2. The van der Waals surface area contributed by atoms with Crippen LogP contribution in [0.4, 0.5) is 11.6 Å². The molecule has 0 unspecified atom stereocenters. The van der Waals surface area contributed by atoms with E-state index in [4.69, 9.17) is 19.9 Å². The lowest BCUT2D eigenvalue weighted by molar-refractivity contribution is -0.118. The van der Waals surface area contributed by atoms with Gasteiger partial charge in [-0.25, -0.2) is 9.66 Å². The molecule has 0 aliphatic carbocycles. The highest BCUT2D eigenvalue weighted by Crippen LogP contribution is 2.28. The van der Waals surface area contributed by atoms with E-state index in [1.54, 1.807) is 49.9 Å². The smallest absolute Gasteiger partial charge is 0.262 e. The molecular weight excluding hydrogens is 398 g/mol. The number of nitrogens with zero attached hydrogens (tertiary/aromatic N) is 3. The molecule has 0 fully saturated rings. The van der Waals surface area contributed by atoms with Crippen LogP contribution in [0.15, 0.2) is 53.8 Å². The number of amides is 1. The van der Waals surface area contributed by atoms with Crippen molar-refractivity contribution < 1.29 is 19.0 Å². The summed E-state index contributed by atoms with van der Waals surface area (Å²) in [6, 6.07) is 12.5. The molecule has 0 saturated heterocycles. The van der Waals surface area contributed by atoms with Gasteiger partial charge in [-0.3, -0.25) is 4.79 Å². The third-order valence-electron chi connectivity index (χ3n) is 4.17. The largest absolute Gasteiger partial charge is 0.495 e. The van der Waals surface area contributed by atoms with Crippen molar-refractivity contribution in [3.8, 4) is 17.2 Å². The van der Waals surface area contributed by atoms with Gasteiger partial charge in [0.15, 0.2) is 18.1 Å². The van der Waals surface area contributed by atoms with E-state index in [1.807, 2.05) is 26.0 Å². The van der Waals surface area contributed by atoms with Crippen LogP contribution < -0.4 is 25.3 Å². The number of rotatable bonds is 9. The number of carbonyl (C=O) groups is 1. The Kier molecular flexibility index (Phi) is 7.10. The molecule has 2 aromatic carbocycles. The minimum absolute atomic E-state index is 0.184. The molecule has 1 heterocycles. The summed E-state index contributed by atoms with van der Waals surface area (Å²) in [7, 11) is 1.54. The van der Waals surface area contributed by atoms with E-state index in [1.165, 1.54) is 4.68 Å². The molecule has 0 aliphatic rings. The summed E-state index contributed by atoms with van der Waals surface area (Å²) in [5, 5.41) is 7.07. The van der Waals surface area contributed by atoms with Crippen LogP contribution in [-0.2, 0) is 4.79 Å². The quantitative estimate of drug-likeness (QED) is 0.512. The number of ether oxygens (including phenoxy) is 3. The van der Waals surface area contributed by atoms with Crippen LogP contribution >= 0.6 is 0 Å². The van der Waals surface area contributed by atoms with Crippen molar-refractivity contribution in [3.05, 3.63) is 59.9 Å². The lowest BCUT2D eigenvalue weighted by atomic mass is 10.2. The first-order valence-electron chi connectivity index (χ1n) is 9.68. The summed E-state index contributed by atoms with van der Waals surface area (Å²) >= 11 is 0. The van der Waals surface area contributed by atoms with Crippen LogP contribution in [0.2, 0.25) is 0 Å². The number of anilines is 2. The predicted octanol–water partition coefficient (Wildman–Crippen LogP) is 3.08. The second kappa shape index (κ2) is 10.1. The van der Waals surface area contributed by atoms with Crippen LogP contribution in [0.1, 0.15) is 18.2 Å². The number of imidazole rings is 1. The molecule has 0 saturated carbocycles. The number of benzene rings is 2. The van der Waals surface area contributed by atoms with E-state index in [2.05, 4.69) is 15.4 Å². The Morgan fingerprint density at radius 3 is 2.71 bits per heavy atom. The fraction of sp³-hybridized carbons (Fsp3) is 0.227. The maximum Gasteiger partial charge on any atom is 0.262 e. The summed E-state index contributed by atoms with van der Waals surface area (Å²) in [5.41, 5.74) is 7.92. The van der Waals surface area contributed by atoms with E-state index in [0.717, 1.165) is 11.3 Å². The van der Waals surface area contributed by atoms with Crippen molar-refractivity contribution in [2.24, 2.45) is 5.10 Å². The van der Waals surface area contributed by atoms with Gasteiger partial charge in [-0.05, 0) is 49.7 Å². The molecule has 0 atom stereocenters. The number of nitrogens with two attached hydrogens (primary N) is 1. The van der Waals surface area contributed by atoms with E-state index in [0.29, 0.717) is 35.5 Å². The van der Waals surface area contributed by atoms with Gasteiger partial charge in [-0.15, -0.1) is 0 Å². The Hall–Kier alpha value is -4.01. The van der Waals surface area contributed by atoms with Crippen LogP contribution in [-0.4, -0.2) is 42.1 Å². The molecule has 3 N–H and O–H groups in total. The molecule has 31 heavy (non-hydrogen) atoms. The van der Waals surface area contributed by atoms with Gasteiger partial charge in [0.1, 0.15) is 5.75 Å². The van der Waals surface area contributed by atoms with Crippen molar-refractivity contribution >= 4 is 23.8 Å². The van der Waals surface area contributed by atoms with E-state index in [-0.39, 0.29) is 12.5 Å². The number of carbonyl (C=O) groups excluding carboxylic acids is 1. The summed E-state index contributed by atoms with van der Waals surface area (Å²) in [4.78, 5) is 16.4. The molecule has 0 aliphatic heterocycles. The summed E-state index contributed by atoms with van der Waals surface area (Å²) in [6.45, 7) is 3.97. The third-order valence-corrected chi connectivity index (χ3v) is 4.17. The fourth-order valence-electron chi connectivity index (χ4n) is 2.80. The SMILES string of the molecule is CCOc1cc(C=Nn2cc(C)nc2N)ccc1OCC(=O)Nc1ccccc1OC. The number of aryl methyl sites for hydroxylation is 1. The van der Waals surface area contributed by atoms with Crippen molar-refractivity contribution in [1.82, 2.24) is 9.66 Å². The number of para-hydroxylation sites is 2. The van der Waals surface area contributed by atoms with E-state index in [9.17, 15) is 4.79 Å². The Morgan fingerprint density at radius 2 is 2.00 bits per heavy atom. The second-order valence-electron chi connectivity index (χ2n) is 6.51. The first-order valence-corrected chi connectivity index (χ1v) is 9.68. The highest BCUT2D eigenvalue weighted by Gasteiger charge is 2.11. The monoisotopic (exact) mass is 423 g/mol. The highest BCUT2D eigenvalue weighted by molar-refractivity contribution is 5.93. The zero-order valence-corrected chi connectivity index (χ0v) is 17.7. The molecule has 1 aromatic heterocycles. The summed E-state index contributed by atoms with van der Waals surface area (Å²) < 4.78 is 18.1. The molecule has 0 radical (unpaired) electrons. The minimum atomic E-state index is -0.316. The van der Waals surface area contributed by atoms with Crippen LogP contribution in [0.25, 0.3) is 0 Å². The molecule has 3 rings (SSSR count). The van der Waals surface area contributed by atoms with Crippen molar-refractivity contribution in [2.45, 2.75) is 13.8 Å². The number of nitrogen functional groups attached to an aromatic ring is 1. The zero-order valence-electron chi connectivity index (χ0n) is 17.7. The number of hydrogen-bond donors (Lipinski definition) is 2. The number of aromatic nitrogens is 2. The second-order valence-corrected chi connectivity index (χ2v) is 6.51. The Bertz CT molecular complexity index is 1080. The van der Waals surface area contributed by atoms with Gasteiger partial charge < -0.3 is 25.3 Å². The first kappa shape index (κ1) is 21.7. The average Bonchev–Trinajstić information content (AvgIpc) is 3.09. The van der Waals surface area contributed by atoms with Gasteiger partial charge in [0.25, 0.3) is 5.91 Å². The highest BCUT2D eigenvalue weighted by atomic mass is 16.5. The third kappa shape index (κ3) is 5.75. The first-order chi connectivity index (χ1) is 15.0. The average molecular weight is 423 g/mol. The van der Waals surface area contributed by atoms with E-state index >= 15 is 0 Å². The van der Waals surface area contributed by atoms with Crippen LogP contribution in [0, 0.1) is 6.92 Å². The topological polar surface area (TPSA) is 113 Å². The standard InChI is InChI=1S/C22H25N5O4/c1-4-30-20-11-16(12-24-27-13-15(2)25-22(27)23)9-10-19(20)31-14-21(28)26-17-7-5-6-8-18(17)29-3/h5-13H,4,14H2,1-3H3,(H2,23,25)(H,26,28). The predicted molar refractivity (Wildman–Crippen MR) is 119 cm³/mol. The van der Waals surface area contributed by atoms with Gasteiger partial charge in [0.05, 0.1) is 37.5 Å². The molecular formula is C22H25N5O4. The summed E-state index contributed by atoms with van der Waals surface area (Å²) in [6.07, 6.45) is 3.37. The normalized spacial score (nSPS) is 10.8. The molecule has 1 amide bonds. The fourth-order valence-corrected chi connectivity index (χ4v) is 2.80. The Balaban J connectivity index is 1.68. The molecule has 9 heteroatoms. The lowest BCUT2D eigenvalue weighted by Crippen LogP contribution is -2.20. The molecule has 0 spiro atoms. The maximum atomic E-state index is 12.3. The maximum absolute atomic E-state index is 12.3. The Labute approximate surface area is 180 Å². The van der Waals surface area contributed by atoms with Crippen molar-refractivity contribution in [1.29, 1.82) is 0 Å². The Morgan fingerprint density at radius 1 is 1.19 bits per heavy atom. The van der Waals surface area contributed by atoms with Gasteiger partial charge >= 0.3 is 0 Å². The van der Waals surface area contributed by atoms with Crippen molar-refractivity contribution in [2.75, 3.05) is 31.4 Å². The molecule has 9 nitrogen and oxygen atoms in total. The van der Waals surface area contributed by atoms with Gasteiger partial charge in [-0.2, -0.15) is 5.10 Å². The molecule has 0 bridgehead atoms. The number of nitrogens with one attached hydrogen (secondary N) is 1. The van der Waals surface area contributed by atoms with Gasteiger partial charge in [0.2, 0.25) is 5.95 Å². The van der Waals surface area contributed by atoms with Gasteiger partial charge in [0, 0.05) is 0 Å². The van der Waals surface area contributed by atoms with E-state index < -0.39 is 0 Å². The van der Waals surface area contributed by atoms with Gasteiger partial charge in [-0.1, -0.05) is 12.1 Å². The number of hydrogen-bond acceptors (Lipinski definition) is 7. The summed E-state index contributed by atoms with van der Waals surface area (Å²) in [5.74, 6) is 1.52. The van der Waals surface area contributed by atoms with Crippen LogP contribution in [0.5, 0.6) is 17.2 Å². The molecule has 3 aromatic rings. The minimum Gasteiger partial charge on any atom is -0.495 e. The number of methoxy groups -OCH3 is 1. The van der Waals surface area contributed by atoms with Crippen LogP contribution in [0.3, 0.4) is 0 Å². The van der Waals surface area contributed by atoms with Crippen molar-refractivity contribution in [3.63, 3.8) is 0 Å². The molecule has 162 valence electrons.